The van der Waals surface area contributed by atoms with Crippen LogP contribution in [-0.2, 0) is 14.3 Å². The number of allylic oxidation sites excluding steroid dienone is 2. The molecule has 3 aliphatic rings. The first-order valence-corrected chi connectivity index (χ1v) is 4.27. The Hall–Kier alpha value is -1.38. The summed E-state index contributed by atoms with van der Waals surface area (Å²) >= 11 is 0. The second-order valence-corrected chi connectivity index (χ2v) is 3.94. The van der Waals surface area contributed by atoms with Gasteiger partial charge < -0.3 is 4.74 Å². The van der Waals surface area contributed by atoms with Gasteiger partial charge >= 0.3 is 11.9 Å². The van der Waals surface area contributed by atoms with Crippen molar-refractivity contribution in [2.24, 2.45) is 10.8 Å². The molecule has 66 valence electrons. The van der Waals surface area contributed by atoms with Crippen LogP contribution in [-0.4, -0.2) is 11.9 Å². The highest BCUT2D eigenvalue weighted by Gasteiger charge is 2.82. The Balaban J connectivity index is 2.26. The molecular weight excluding hydrogens is 168 g/mol. The van der Waals surface area contributed by atoms with Crippen LogP contribution in [0, 0.1) is 10.8 Å². The highest BCUT2D eigenvalue weighted by atomic mass is 16.6. The van der Waals surface area contributed by atoms with E-state index in [9.17, 15) is 9.59 Å². The average molecular weight is 176 g/mol. The zero-order valence-electron chi connectivity index (χ0n) is 7.16. The molecule has 0 amide bonds. The second kappa shape index (κ2) is 1.62. The van der Waals surface area contributed by atoms with E-state index in [1.807, 2.05) is 19.1 Å². The number of carbonyl (C=O) groups is 2. The highest BCUT2D eigenvalue weighted by molar-refractivity contribution is 6.10. The molecule has 2 fully saturated rings. The molecule has 2 atom stereocenters. The van der Waals surface area contributed by atoms with Gasteiger partial charge in [0.1, 0.15) is 10.8 Å². The summed E-state index contributed by atoms with van der Waals surface area (Å²) in [5.74, 6) is -0.739. The van der Waals surface area contributed by atoms with Crippen LogP contribution in [0.5, 0.6) is 0 Å². The molecule has 13 heavy (non-hydrogen) atoms. The molecule has 0 aromatic heterocycles. The van der Waals surface area contributed by atoms with E-state index in [0.717, 1.165) is 5.57 Å². The third kappa shape index (κ3) is 0.478. The Labute approximate surface area is 75.1 Å². The van der Waals surface area contributed by atoms with Crippen molar-refractivity contribution in [2.45, 2.75) is 13.3 Å². The summed E-state index contributed by atoms with van der Waals surface area (Å²) in [4.78, 5) is 22.9. The van der Waals surface area contributed by atoms with E-state index in [1.165, 1.54) is 0 Å². The molecule has 3 rings (SSSR count). The van der Waals surface area contributed by atoms with Gasteiger partial charge in [-0.05, 0) is 13.3 Å². The molecule has 2 aliphatic carbocycles. The van der Waals surface area contributed by atoms with Gasteiger partial charge in [0, 0.05) is 0 Å². The number of rotatable bonds is 0. The van der Waals surface area contributed by atoms with Crippen molar-refractivity contribution < 1.29 is 14.3 Å². The van der Waals surface area contributed by atoms with Gasteiger partial charge in [-0.3, -0.25) is 9.59 Å². The van der Waals surface area contributed by atoms with E-state index in [4.69, 9.17) is 0 Å². The van der Waals surface area contributed by atoms with Crippen molar-refractivity contribution in [3.63, 3.8) is 0 Å². The molecule has 0 spiro atoms. The zero-order valence-corrected chi connectivity index (χ0v) is 7.16. The Bertz CT molecular complexity index is 404. The van der Waals surface area contributed by atoms with E-state index >= 15 is 0 Å². The molecule has 3 nitrogen and oxygen atoms in total. The van der Waals surface area contributed by atoms with Crippen LogP contribution in [0.4, 0.5) is 0 Å². The normalized spacial score (nSPS) is 45.2. The first kappa shape index (κ1) is 7.06. The van der Waals surface area contributed by atoms with Crippen molar-refractivity contribution in [1.82, 2.24) is 0 Å². The van der Waals surface area contributed by atoms with E-state index in [2.05, 4.69) is 4.74 Å². The third-order valence-electron chi connectivity index (χ3n) is 3.48. The van der Waals surface area contributed by atoms with E-state index in [1.54, 1.807) is 6.08 Å². The predicted molar refractivity (Wildman–Crippen MR) is 43.5 cm³/mol. The summed E-state index contributed by atoms with van der Waals surface area (Å²) in [7, 11) is 0. The van der Waals surface area contributed by atoms with Gasteiger partial charge in [-0.1, -0.05) is 23.8 Å². The second-order valence-electron chi connectivity index (χ2n) is 3.94. The molecular formula is C10H8O3. The van der Waals surface area contributed by atoms with E-state index < -0.39 is 10.8 Å². The third-order valence-corrected chi connectivity index (χ3v) is 3.48. The SMILES string of the molecule is CC1=CC=CC23CC12C(=O)OC3=O. The fraction of sp³-hybridized carbons (Fsp3) is 0.400. The zero-order chi connectivity index (χ0) is 9.27. The minimum absolute atomic E-state index is 0.365. The minimum atomic E-state index is -0.622. The van der Waals surface area contributed by atoms with E-state index in [-0.39, 0.29) is 11.9 Å². The topological polar surface area (TPSA) is 43.4 Å². The molecule has 0 radical (unpaired) electrons. The summed E-state index contributed by atoms with van der Waals surface area (Å²) < 4.78 is 4.65. The lowest BCUT2D eigenvalue weighted by molar-refractivity contribution is -0.157. The van der Waals surface area contributed by atoms with Crippen molar-refractivity contribution in [3.05, 3.63) is 23.8 Å². The molecule has 1 aliphatic heterocycles. The van der Waals surface area contributed by atoms with Crippen LogP contribution >= 0.6 is 0 Å². The number of cyclic esters (lactones) is 2. The maximum absolute atomic E-state index is 11.5. The Kier molecular flexibility index (Phi) is 0.881. The van der Waals surface area contributed by atoms with Crippen LogP contribution in [0.15, 0.2) is 23.8 Å². The quantitative estimate of drug-likeness (QED) is 0.408. The van der Waals surface area contributed by atoms with Gasteiger partial charge in [0.15, 0.2) is 0 Å². The lowest BCUT2D eigenvalue weighted by Crippen LogP contribution is -2.19. The lowest BCUT2D eigenvalue weighted by atomic mass is 9.85. The molecule has 3 heteroatoms. The number of hydrogen-bond acceptors (Lipinski definition) is 3. The van der Waals surface area contributed by atoms with Crippen LogP contribution in [0.1, 0.15) is 13.3 Å². The van der Waals surface area contributed by atoms with Gasteiger partial charge in [-0.25, -0.2) is 0 Å². The summed E-state index contributed by atoms with van der Waals surface area (Å²) in [6.07, 6.45) is 6.12. The van der Waals surface area contributed by atoms with Crippen LogP contribution < -0.4 is 0 Å². The maximum Gasteiger partial charge on any atom is 0.325 e. The Morgan fingerprint density at radius 3 is 2.85 bits per heavy atom. The lowest BCUT2D eigenvalue weighted by Gasteiger charge is -2.12. The summed E-state index contributed by atoms with van der Waals surface area (Å²) in [6.45, 7) is 1.88. The van der Waals surface area contributed by atoms with Crippen molar-refractivity contribution in [1.29, 1.82) is 0 Å². The number of hydrogen-bond donors (Lipinski definition) is 0. The van der Waals surface area contributed by atoms with Crippen molar-refractivity contribution in [2.75, 3.05) is 0 Å². The predicted octanol–water partition coefficient (Wildman–Crippen LogP) is 0.962. The molecule has 0 N–H and O–H groups in total. The molecule has 0 aromatic rings. The van der Waals surface area contributed by atoms with Crippen LogP contribution in [0.25, 0.3) is 0 Å². The first-order chi connectivity index (χ1) is 6.13. The number of ether oxygens (including phenoxy) is 1. The van der Waals surface area contributed by atoms with Gasteiger partial charge in [0.2, 0.25) is 0 Å². The number of carbonyl (C=O) groups excluding carboxylic acids is 2. The molecule has 2 unspecified atom stereocenters. The minimum Gasteiger partial charge on any atom is -0.392 e. The molecule has 1 saturated heterocycles. The summed E-state index contributed by atoms with van der Waals surface area (Å²) in [6, 6.07) is 0. The maximum atomic E-state index is 11.5. The van der Waals surface area contributed by atoms with E-state index in [0.29, 0.717) is 6.42 Å². The van der Waals surface area contributed by atoms with Crippen molar-refractivity contribution in [3.8, 4) is 0 Å². The molecule has 0 bridgehead atoms. The van der Waals surface area contributed by atoms with Crippen LogP contribution in [0.3, 0.4) is 0 Å². The van der Waals surface area contributed by atoms with Gasteiger partial charge in [0.25, 0.3) is 0 Å². The van der Waals surface area contributed by atoms with Crippen LogP contribution in [0.2, 0.25) is 0 Å². The smallest absolute Gasteiger partial charge is 0.325 e. The van der Waals surface area contributed by atoms with Crippen molar-refractivity contribution >= 4 is 11.9 Å². The largest absolute Gasteiger partial charge is 0.392 e. The van der Waals surface area contributed by atoms with Gasteiger partial charge in [-0.2, -0.15) is 0 Å². The van der Waals surface area contributed by atoms with Gasteiger partial charge in [-0.15, -0.1) is 0 Å². The fourth-order valence-corrected chi connectivity index (χ4v) is 2.56. The first-order valence-electron chi connectivity index (χ1n) is 4.27. The summed E-state index contributed by atoms with van der Waals surface area (Å²) in [5.41, 5.74) is -0.285. The Morgan fingerprint density at radius 1 is 1.38 bits per heavy atom. The Morgan fingerprint density at radius 2 is 2.15 bits per heavy atom. The standard InChI is InChI=1S/C10H8O3/c1-6-3-2-4-9-5-10(6,9)8(12)13-7(9)11/h2-4H,5H2,1H3. The average Bonchev–Trinajstić information content (AvgIpc) is 2.72. The highest BCUT2D eigenvalue weighted by Crippen LogP contribution is 2.74. The molecule has 1 heterocycles. The monoisotopic (exact) mass is 176 g/mol. The number of esters is 2. The summed E-state index contributed by atoms with van der Waals surface area (Å²) in [5, 5.41) is 0. The molecule has 1 saturated carbocycles. The fourth-order valence-electron chi connectivity index (χ4n) is 2.56. The van der Waals surface area contributed by atoms with Gasteiger partial charge in [0.05, 0.1) is 0 Å². The molecule has 0 aromatic carbocycles.